The Bertz CT molecular complexity index is 685. The lowest BCUT2D eigenvalue weighted by Crippen LogP contribution is -2.26. The molecule has 0 saturated carbocycles. The molecule has 2 rings (SSSR count). The summed E-state index contributed by atoms with van der Waals surface area (Å²) in [5.74, 6) is 0.192. The number of aromatic nitrogens is 2. The Labute approximate surface area is 139 Å². The number of nitrogens with zero attached hydrogens (tertiary/aromatic N) is 2. The normalized spacial score (nSPS) is 10.3. The number of imidazole rings is 1. The molecule has 0 saturated heterocycles. The molecule has 0 aliphatic heterocycles. The predicted octanol–water partition coefficient (Wildman–Crippen LogP) is 2.01. The van der Waals surface area contributed by atoms with Crippen molar-refractivity contribution in [3.8, 4) is 0 Å². The van der Waals surface area contributed by atoms with E-state index in [1.54, 1.807) is 24.0 Å². The van der Waals surface area contributed by atoms with Crippen LogP contribution in [0, 0.1) is 0 Å². The zero-order chi connectivity index (χ0) is 16.7. The van der Waals surface area contributed by atoms with E-state index in [2.05, 4.69) is 15.0 Å². The Morgan fingerprint density at radius 1 is 1.39 bits per heavy atom. The van der Waals surface area contributed by atoms with E-state index < -0.39 is 0 Å². The van der Waals surface area contributed by atoms with Crippen molar-refractivity contribution in [1.82, 2.24) is 14.9 Å². The second-order valence-electron chi connectivity index (χ2n) is 4.89. The van der Waals surface area contributed by atoms with E-state index in [-0.39, 0.29) is 24.8 Å². The highest BCUT2D eigenvalue weighted by atomic mass is 32.2. The second kappa shape index (κ2) is 8.38. The SMILES string of the molecule is COC(=O)CCNC(=O)c1cccc(CSc2nccn2C)c1. The zero-order valence-corrected chi connectivity index (χ0v) is 13.9. The maximum absolute atomic E-state index is 12.1. The number of aryl methyl sites for hydroxylation is 1. The van der Waals surface area contributed by atoms with E-state index >= 15 is 0 Å². The summed E-state index contributed by atoms with van der Waals surface area (Å²) in [5, 5.41) is 3.64. The zero-order valence-electron chi connectivity index (χ0n) is 13.1. The number of carbonyl (C=O) groups is 2. The van der Waals surface area contributed by atoms with Gasteiger partial charge in [-0.3, -0.25) is 9.59 Å². The highest BCUT2D eigenvalue weighted by molar-refractivity contribution is 7.98. The summed E-state index contributed by atoms with van der Waals surface area (Å²) >= 11 is 1.61. The molecule has 1 aromatic heterocycles. The van der Waals surface area contributed by atoms with E-state index in [4.69, 9.17) is 0 Å². The number of hydrogen-bond acceptors (Lipinski definition) is 5. The molecule has 1 N–H and O–H groups in total. The first-order valence-electron chi connectivity index (χ1n) is 7.14. The fourth-order valence-electron chi connectivity index (χ4n) is 1.92. The number of ether oxygens (including phenoxy) is 1. The topological polar surface area (TPSA) is 73.2 Å². The highest BCUT2D eigenvalue weighted by Gasteiger charge is 2.08. The number of esters is 1. The number of thioether (sulfide) groups is 1. The second-order valence-corrected chi connectivity index (χ2v) is 5.83. The molecule has 2 aromatic rings. The molecule has 1 heterocycles. The lowest BCUT2D eigenvalue weighted by atomic mass is 10.1. The number of benzene rings is 1. The molecule has 23 heavy (non-hydrogen) atoms. The first kappa shape index (κ1) is 17.1. The van der Waals surface area contributed by atoms with Gasteiger partial charge in [-0.25, -0.2) is 4.98 Å². The van der Waals surface area contributed by atoms with Gasteiger partial charge in [0.15, 0.2) is 5.16 Å². The third-order valence-corrected chi connectivity index (χ3v) is 4.31. The predicted molar refractivity (Wildman–Crippen MR) is 88.2 cm³/mol. The number of amides is 1. The summed E-state index contributed by atoms with van der Waals surface area (Å²) in [7, 11) is 3.27. The number of methoxy groups -OCH3 is 1. The summed E-state index contributed by atoms with van der Waals surface area (Å²) in [6.07, 6.45) is 3.82. The molecule has 7 heteroatoms. The summed E-state index contributed by atoms with van der Waals surface area (Å²) in [4.78, 5) is 27.3. The van der Waals surface area contributed by atoms with Crippen LogP contribution in [0.3, 0.4) is 0 Å². The van der Waals surface area contributed by atoms with Gasteiger partial charge in [-0.05, 0) is 17.7 Å². The summed E-state index contributed by atoms with van der Waals surface area (Å²) in [5.41, 5.74) is 1.62. The highest BCUT2D eigenvalue weighted by Crippen LogP contribution is 2.20. The Hall–Kier alpha value is -2.28. The molecule has 0 spiro atoms. The van der Waals surface area contributed by atoms with Crippen molar-refractivity contribution in [2.75, 3.05) is 13.7 Å². The lowest BCUT2D eigenvalue weighted by molar-refractivity contribution is -0.140. The molecule has 0 aliphatic rings. The fourth-order valence-corrected chi connectivity index (χ4v) is 2.80. The Kier molecular flexibility index (Phi) is 6.22. The van der Waals surface area contributed by atoms with Gasteiger partial charge in [0.2, 0.25) is 0 Å². The van der Waals surface area contributed by atoms with E-state index in [1.165, 1.54) is 7.11 Å². The molecule has 0 radical (unpaired) electrons. The van der Waals surface area contributed by atoms with Crippen LogP contribution >= 0.6 is 11.8 Å². The van der Waals surface area contributed by atoms with E-state index in [9.17, 15) is 9.59 Å². The largest absolute Gasteiger partial charge is 0.469 e. The van der Waals surface area contributed by atoms with E-state index in [0.717, 1.165) is 16.5 Å². The van der Waals surface area contributed by atoms with Crippen LogP contribution in [0.5, 0.6) is 0 Å². The third kappa shape index (κ3) is 5.14. The molecule has 0 fully saturated rings. The molecule has 1 amide bonds. The van der Waals surface area contributed by atoms with Crippen LogP contribution in [0.15, 0.2) is 41.8 Å². The summed E-state index contributed by atoms with van der Waals surface area (Å²) in [6, 6.07) is 7.43. The molecule has 0 atom stereocenters. The first-order chi connectivity index (χ1) is 11.1. The molecule has 0 aliphatic carbocycles. The van der Waals surface area contributed by atoms with Gasteiger partial charge in [-0.1, -0.05) is 23.9 Å². The van der Waals surface area contributed by atoms with Crippen LogP contribution < -0.4 is 5.32 Å². The quantitative estimate of drug-likeness (QED) is 0.620. The number of carbonyl (C=O) groups excluding carboxylic acids is 2. The third-order valence-electron chi connectivity index (χ3n) is 3.18. The Morgan fingerprint density at radius 2 is 2.22 bits per heavy atom. The van der Waals surface area contributed by atoms with E-state index in [0.29, 0.717) is 5.56 Å². The van der Waals surface area contributed by atoms with Crippen molar-refractivity contribution < 1.29 is 14.3 Å². The average Bonchev–Trinajstić information content (AvgIpc) is 2.98. The molecular weight excluding hydrogens is 314 g/mol. The van der Waals surface area contributed by atoms with E-state index in [1.807, 2.05) is 36.0 Å². The van der Waals surface area contributed by atoms with Gasteiger partial charge >= 0.3 is 5.97 Å². The van der Waals surface area contributed by atoms with Gasteiger partial charge < -0.3 is 14.6 Å². The van der Waals surface area contributed by atoms with Crippen molar-refractivity contribution in [2.24, 2.45) is 7.05 Å². The first-order valence-corrected chi connectivity index (χ1v) is 8.13. The van der Waals surface area contributed by atoms with Crippen molar-refractivity contribution in [3.63, 3.8) is 0 Å². The molecule has 6 nitrogen and oxygen atoms in total. The van der Waals surface area contributed by atoms with Gasteiger partial charge in [-0.2, -0.15) is 0 Å². The molecule has 122 valence electrons. The van der Waals surface area contributed by atoms with Gasteiger partial charge in [-0.15, -0.1) is 0 Å². The van der Waals surface area contributed by atoms with Crippen molar-refractivity contribution in [2.45, 2.75) is 17.3 Å². The monoisotopic (exact) mass is 333 g/mol. The fraction of sp³-hybridized carbons (Fsp3) is 0.312. The van der Waals surface area contributed by atoms with Crippen molar-refractivity contribution in [3.05, 3.63) is 47.8 Å². The molecule has 1 aromatic carbocycles. The minimum absolute atomic E-state index is 0.164. The summed E-state index contributed by atoms with van der Waals surface area (Å²) < 4.78 is 6.49. The van der Waals surface area contributed by atoms with Crippen LogP contribution in [0.4, 0.5) is 0 Å². The minimum atomic E-state index is -0.342. The maximum Gasteiger partial charge on any atom is 0.307 e. The van der Waals surface area contributed by atoms with Crippen LogP contribution in [-0.2, 0) is 22.3 Å². The molecule has 0 unspecified atom stereocenters. The van der Waals surface area contributed by atoms with Crippen LogP contribution in [0.2, 0.25) is 0 Å². The van der Waals surface area contributed by atoms with Gasteiger partial charge in [0, 0.05) is 37.3 Å². The average molecular weight is 333 g/mol. The van der Waals surface area contributed by atoms with Gasteiger partial charge in [0.25, 0.3) is 5.91 Å². The van der Waals surface area contributed by atoms with Crippen molar-refractivity contribution >= 4 is 23.6 Å². The van der Waals surface area contributed by atoms with Gasteiger partial charge in [0.1, 0.15) is 0 Å². The summed E-state index contributed by atoms with van der Waals surface area (Å²) in [6.45, 7) is 0.262. The number of hydrogen-bond donors (Lipinski definition) is 1. The standard InChI is InChI=1S/C16H19N3O3S/c1-19-9-8-18-16(19)23-11-12-4-3-5-13(10-12)15(21)17-7-6-14(20)22-2/h3-5,8-10H,6-7,11H2,1-2H3,(H,17,21). The van der Waals surface area contributed by atoms with Gasteiger partial charge in [0.05, 0.1) is 13.5 Å². The van der Waals surface area contributed by atoms with Crippen LogP contribution in [0.25, 0.3) is 0 Å². The minimum Gasteiger partial charge on any atom is -0.469 e. The van der Waals surface area contributed by atoms with Crippen LogP contribution in [0.1, 0.15) is 22.3 Å². The number of nitrogens with one attached hydrogen (secondary N) is 1. The van der Waals surface area contributed by atoms with Crippen LogP contribution in [-0.4, -0.2) is 35.1 Å². The molecular formula is C16H19N3O3S. The number of rotatable bonds is 7. The lowest BCUT2D eigenvalue weighted by Gasteiger charge is -2.07. The van der Waals surface area contributed by atoms with Crippen molar-refractivity contribution in [1.29, 1.82) is 0 Å². The molecule has 0 bridgehead atoms. The Morgan fingerprint density at radius 3 is 2.91 bits per heavy atom. The smallest absolute Gasteiger partial charge is 0.307 e. The Balaban J connectivity index is 1.89. The maximum atomic E-state index is 12.1.